The van der Waals surface area contributed by atoms with Gasteiger partial charge in [0.1, 0.15) is 6.29 Å². The summed E-state index contributed by atoms with van der Waals surface area (Å²) in [5, 5.41) is 0. The average Bonchev–Trinajstić information content (AvgIpc) is 3.29. The molecule has 24 heavy (non-hydrogen) atoms. The Labute approximate surface area is 147 Å². The number of allylic oxidation sites excluding steroid dienone is 8. The van der Waals surface area contributed by atoms with E-state index in [2.05, 4.69) is 39.8 Å². The molecule has 0 heterocycles. The van der Waals surface area contributed by atoms with E-state index in [1.165, 1.54) is 49.7 Å². The molecular weight excluding hydrogens is 292 g/mol. The van der Waals surface area contributed by atoms with E-state index in [1.54, 1.807) is 16.7 Å². The normalized spacial score (nSPS) is 33.4. The van der Waals surface area contributed by atoms with Crippen LogP contribution in [-0.2, 0) is 4.79 Å². The van der Waals surface area contributed by atoms with Crippen LogP contribution in [0.4, 0.5) is 0 Å². The fourth-order valence-corrected chi connectivity index (χ4v) is 4.95. The third-order valence-corrected chi connectivity index (χ3v) is 6.46. The zero-order valence-corrected chi connectivity index (χ0v) is 15.8. The summed E-state index contributed by atoms with van der Waals surface area (Å²) in [5.41, 5.74) is 7.95. The van der Waals surface area contributed by atoms with Crippen LogP contribution < -0.4 is 0 Å². The fraction of sp³-hybridized carbons (Fsp3) is 0.609. The van der Waals surface area contributed by atoms with Crippen LogP contribution in [-0.4, -0.2) is 6.29 Å². The molecule has 0 aromatic carbocycles. The van der Waals surface area contributed by atoms with Gasteiger partial charge in [0.15, 0.2) is 0 Å². The van der Waals surface area contributed by atoms with Gasteiger partial charge in [-0.25, -0.2) is 0 Å². The summed E-state index contributed by atoms with van der Waals surface area (Å²) in [6.07, 6.45) is 16.2. The Morgan fingerprint density at radius 1 is 1.12 bits per heavy atom. The minimum absolute atomic E-state index is 0.315. The lowest BCUT2D eigenvalue weighted by Crippen LogP contribution is -2.19. The number of fused-ring (bicyclic) bond motifs is 1. The largest absolute Gasteiger partial charge is 0.299 e. The highest BCUT2D eigenvalue weighted by atomic mass is 16.1. The maximum atomic E-state index is 10.8. The molecule has 0 N–H and O–H groups in total. The highest BCUT2D eigenvalue weighted by molar-refractivity contribution is 5.66. The van der Waals surface area contributed by atoms with Crippen LogP contribution in [0.15, 0.2) is 46.1 Å². The first-order valence-electron chi connectivity index (χ1n) is 9.66. The van der Waals surface area contributed by atoms with Crippen molar-refractivity contribution < 1.29 is 4.79 Å². The van der Waals surface area contributed by atoms with Crippen molar-refractivity contribution >= 4 is 6.29 Å². The van der Waals surface area contributed by atoms with Gasteiger partial charge in [0.2, 0.25) is 0 Å². The van der Waals surface area contributed by atoms with E-state index in [9.17, 15) is 4.79 Å². The molecule has 1 heteroatoms. The van der Waals surface area contributed by atoms with Gasteiger partial charge in [0, 0.05) is 0 Å². The quantitative estimate of drug-likeness (QED) is 0.438. The zero-order chi connectivity index (χ0) is 17.3. The molecule has 130 valence electrons. The van der Waals surface area contributed by atoms with Crippen LogP contribution in [0, 0.1) is 17.3 Å². The number of rotatable bonds is 3. The van der Waals surface area contributed by atoms with Crippen LogP contribution in [0.5, 0.6) is 0 Å². The Hall–Kier alpha value is -1.37. The monoisotopic (exact) mass is 324 g/mol. The lowest BCUT2D eigenvalue weighted by molar-refractivity contribution is -0.104. The molecule has 0 aliphatic heterocycles. The molecule has 2 saturated carbocycles. The third kappa shape index (κ3) is 3.50. The van der Waals surface area contributed by atoms with Gasteiger partial charge in [0.25, 0.3) is 0 Å². The molecule has 0 aromatic heterocycles. The van der Waals surface area contributed by atoms with Crippen molar-refractivity contribution in [1.29, 1.82) is 0 Å². The van der Waals surface area contributed by atoms with Gasteiger partial charge in [-0.3, -0.25) is 4.79 Å². The summed E-state index contributed by atoms with van der Waals surface area (Å²) in [4.78, 5) is 10.8. The van der Waals surface area contributed by atoms with Crippen molar-refractivity contribution in [3.63, 3.8) is 0 Å². The molecule has 2 fully saturated rings. The summed E-state index contributed by atoms with van der Waals surface area (Å²) < 4.78 is 0. The average molecular weight is 325 g/mol. The summed E-state index contributed by atoms with van der Waals surface area (Å²) in [5.74, 6) is 1.36. The third-order valence-electron chi connectivity index (χ3n) is 6.46. The Morgan fingerprint density at radius 2 is 1.92 bits per heavy atom. The second-order valence-electron chi connectivity index (χ2n) is 8.65. The SMILES string of the molecule is CC1=C(/C=C/C(C)=C2\CCC/C(=C/C=O)[C@H]3C[C@@H]23)C(C)(C)CCC1. The minimum Gasteiger partial charge on any atom is -0.299 e. The molecule has 0 unspecified atom stereocenters. The molecule has 0 spiro atoms. The van der Waals surface area contributed by atoms with Gasteiger partial charge in [-0.05, 0) is 87.7 Å². The summed E-state index contributed by atoms with van der Waals surface area (Å²) >= 11 is 0. The van der Waals surface area contributed by atoms with Crippen molar-refractivity contribution in [2.45, 2.75) is 72.6 Å². The second kappa shape index (κ2) is 6.86. The number of carbonyl (C=O) groups is 1. The van der Waals surface area contributed by atoms with Gasteiger partial charge < -0.3 is 0 Å². The van der Waals surface area contributed by atoms with Crippen molar-refractivity contribution in [2.75, 3.05) is 0 Å². The van der Waals surface area contributed by atoms with Crippen LogP contribution in [0.3, 0.4) is 0 Å². The van der Waals surface area contributed by atoms with E-state index in [0.717, 1.165) is 12.7 Å². The topological polar surface area (TPSA) is 17.1 Å². The van der Waals surface area contributed by atoms with E-state index in [1.807, 2.05) is 6.08 Å². The van der Waals surface area contributed by atoms with E-state index >= 15 is 0 Å². The van der Waals surface area contributed by atoms with Crippen molar-refractivity contribution in [3.05, 3.63) is 46.1 Å². The highest BCUT2D eigenvalue weighted by Crippen LogP contribution is 2.54. The summed E-state index contributed by atoms with van der Waals surface area (Å²) in [6, 6.07) is 0. The maximum absolute atomic E-state index is 10.8. The maximum Gasteiger partial charge on any atom is 0.142 e. The molecule has 3 aliphatic rings. The molecule has 0 amide bonds. The highest BCUT2D eigenvalue weighted by Gasteiger charge is 2.43. The molecule has 0 bridgehead atoms. The summed E-state index contributed by atoms with van der Waals surface area (Å²) in [6.45, 7) is 9.37. The molecule has 0 radical (unpaired) electrons. The first-order valence-corrected chi connectivity index (χ1v) is 9.66. The van der Waals surface area contributed by atoms with E-state index in [4.69, 9.17) is 0 Å². The van der Waals surface area contributed by atoms with Crippen molar-refractivity contribution in [3.8, 4) is 0 Å². The van der Waals surface area contributed by atoms with E-state index in [0.29, 0.717) is 17.3 Å². The van der Waals surface area contributed by atoms with Crippen LogP contribution in [0.2, 0.25) is 0 Å². The zero-order valence-electron chi connectivity index (χ0n) is 15.8. The van der Waals surface area contributed by atoms with Gasteiger partial charge in [-0.2, -0.15) is 0 Å². The first kappa shape index (κ1) is 17.5. The van der Waals surface area contributed by atoms with Crippen LogP contribution >= 0.6 is 0 Å². The molecule has 2 atom stereocenters. The lowest BCUT2D eigenvalue weighted by atomic mass is 9.72. The number of aldehydes is 1. The Balaban J connectivity index is 1.81. The Morgan fingerprint density at radius 3 is 2.62 bits per heavy atom. The van der Waals surface area contributed by atoms with Crippen molar-refractivity contribution in [2.24, 2.45) is 17.3 Å². The van der Waals surface area contributed by atoms with Crippen molar-refractivity contribution in [1.82, 2.24) is 0 Å². The molecule has 0 saturated heterocycles. The predicted octanol–water partition coefficient (Wildman–Crippen LogP) is 6.33. The van der Waals surface area contributed by atoms with Gasteiger partial charge in [0.05, 0.1) is 0 Å². The molecule has 1 nitrogen and oxygen atoms in total. The van der Waals surface area contributed by atoms with Gasteiger partial charge in [-0.15, -0.1) is 0 Å². The molecule has 3 rings (SSSR count). The fourth-order valence-electron chi connectivity index (χ4n) is 4.95. The second-order valence-corrected chi connectivity index (χ2v) is 8.65. The minimum atomic E-state index is 0.315. The number of hydrogen-bond acceptors (Lipinski definition) is 1. The molecule has 3 aliphatic carbocycles. The van der Waals surface area contributed by atoms with Crippen LogP contribution in [0.1, 0.15) is 72.6 Å². The van der Waals surface area contributed by atoms with Gasteiger partial charge >= 0.3 is 0 Å². The number of hydrogen-bond donors (Lipinski definition) is 0. The van der Waals surface area contributed by atoms with E-state index in [-0.39, 0.29) is 0 Å². The molecule has 0 aromatic rings. The summed E-state index contributed by atoms with van der Waals surface area (Å²) in [7, 11) is 0. The smallest absolute Gasteiger partial charge is 0.142 e. The van der Waals surface area contributed by atoms with Crippen LogP contribution in [0.25, 0.3) is 0 Å². The lowest BCUT2D eigenvalue weighted by Gasteiger charge is -2.33. The van der Waals surface area contributed by atoms with Gasteiger partial charge in [-0.1, -0.05) is 48.3 Å². The Bertz CT molecular complexity index is 639. The molecular formula is C23H32O. The predicted molar refractivity (Wildman–Crippen MR) is 102 cm³/mol. The first-order chi connectivity index (χ1) is 11.4. The number of carbonyl (C=O) groups excluding carboxylic acids is 1. The Kier molecular flexibility index (Phi) is 4.99. The standard InChI is InChI=1S/C23H32O/c1-16(10-11-22-17(2)7-6-13-23(22,3)4)19-9-5-8-18(12-14-24)20-15-21(19)20/h10-12,14,20-21H,5-9,13,15H2,1-4H3/b11-10+,18-12-,19-16+/t20-,21+/m1/s1. The van der Waals surface area contributed by atoms with E-state index < -0.39 is 0 Å².